The second-order valence-electron chi connectivity index (χ2n) is 9.07. The second kappa shape index (κ2) is 19.5. The molecule has 0 aliphatic rings. The van der Waals surface area contributed by atoms with E-state index < -0.39 is 7.60 Å². The van der Waals surface area contributed by atoms with Crippen LogP contribution in [0, 0.1) is 0 Å². The molecule has 6 heteroatoms. The predicted octanol–water partition coefficient (Wildman–Crippen LogP) is 3.51. The van der Waals surface area contributed by atoms with Gasteiger partial charge in [-0.15, -0.1) is 0 Å². The fourth-order valence-electron chi connectivity index (χ4n) is 3.70. The van der Waals surface area contributed by atoms with Crippen molar-refractivity contribution in [3.63, 3.8) is 0 Å². The molecule has 0 heterocycles. The highest BCUT2D eigenvalue weighted by Gasteiger charge is 2.14. The first-order chi connectivity index (χ1) is 12.8. The molecule has 0 aliphatic carbocycles. The number of rotatable bonds is 20. The van der Waals surface area contributed by atoms with E-state index in [2.05, 4.69) is 21.0 Å². The van der Waals surface area contributed by atoms with E-state index in [1.165, 1.54) is 90.1 Å². The molecule has 0 aromatic rings. The van der Waals surface area contributed by atoms with Crippen LogP contribution in [0.25, 0.3) is 0 Å². The highest BCUT2D eigenvalue weighted by Crippen LogP contribution is 2.35. The molecule has 0 unspecified atom stereocenters. The van der Waals surface area contributed by atoms with Gasteiger partial charge in [0.15, 0.2) is 0 Å². The monoisotopic (exact) mass is 485 g/mol. The number of nitrogens with zero attached hydrogens (tertiary/aromatic N) is 1. The lowest BCUT2D eigenvalue weighted by Crippen LogP contribution is -3.00. The highest BCUT2D eigenvalue weighted by molar-refractivity contribution is 7.51. The Morgan fingerprint density at radius 3 is 1.29 bits per heavy atom. The van der Waals surface area contributed by atoms with Crippen LogP contribution in [0.5, 0.6) is 0 Å². The molecule has 0 aromatic carbocycles. The van der Waals surface area contributed by atoms with Gasteiger partial charge in [0.1, 0.15) is 0 Å². The van der Waals surface area contributed by atoms with Crippen LogP contribution in [-0.2, 0) is 4.57 Å². The second-order valence-corrected chi connectivity index (χ2v) is 10.9. The van der Waals surface area contributed by atoms with E-state index in [1.54, 1.807) is 0 Å². The van der Waals surface area contributed by atoms with Crippen molar-refractivity contribution in [3.8, 4) is 0 Å². The number of unbranched alkanes of at least 4 members (excludes halogenated alkanes) is 14. The van der Waals surface area contributed by atoms with Crippen LogP contribution in [0.2, 0.25) is 0 Å². The average Bonchev–Trinajstić information content (AvgIpc) is 2.58. The van der Waals surface area contributed by atoms with Crippen molar-refractivity contribution in [1.29, 1.82) is 0 Å². The summed E-state index contributed by atoms with van der Waals surface area (Å²) >= 11 is 0. The van der Waals surface area contributed by atoms with Crippen molar-refractivity contribution in [3.05, 3.63) is 0 Å². The van der Waals surface area contributed by atoms with E-state index in [0.29, 0.717) is 6.42 Å². The van der Waals surface area contributed by atoms with Gasteiger partial charge in [-0.05, 0) is 32.1 Å². The van der Waals surface area contributed by atoms with E-state index in [-0.39, 0.29) is 23.1 Å². The predicted molar refractivity (Wildman–Crippen MR) is 118 cm³/mol. The van der Waals surface area contributed by atoms with Gasteiger partial charge in [-0.25, -0.2) is 0 Å². The van der Waals surface area contributed by atoms with Gasteiger partial charge in [-0.2, -0.15) is 0 Å². The maximum atomic E-state index is 10.8. The summed E-state index contributed by atoms with van der Waals surface area (Å²) in [7, 11) is 0.840. The molecular formula is C22H49BrNO3P. The third-order valence-corrected chi connectivity index (χ3v) is 6.48. The maximum Gasteiger partial charge on any atom is 0.325 e. The smallest absolute Gasteiger partial charge is 0.325 e. The topological polar surface area (TPSA) is 57.5 Å². The summed E-state index contributed by atoms with van der Waals surface area (Å²) in [4.78, 5) is 17.7. The van der Waals surface area contributed by atoms with Gasteiger partial charge >= 0.3 is 7.60 Å². The fraction of sp³-hybridized carbons (Fsp3) is 1.00. The van der Waals surface area contributed by atoms with Gasteiger partial charge in [0.05, 0.1) is 27.2 Å². The van der Waals surface area contributed by atoms with Crippen LogP contribution >= 0.6 is 7.60 Å². The lowest BCUT2D eigenvalue weighted by atomic mass is 10.1. The quantitative estimate of drug-likeness (QED) is 0.157. The molecule has 2 N–H and O–H groups in total. The van der Waals surface area contributed by atoms with Crippen LogP contribution in [-0.4, -0.2) is 47.6 Å². The van der Waals surface area contributed by atoms with E-state index in [0.717, 1.165) is 23.7 Å². The summed E-state index contributed by atoms with van der Waals surface area (Å²) in [5.74, 6) is 0. The van der Waals surface area contributed by atoms with E-state index >= 15 is 0 Å². The van der Waals surface area contributed by atoms with Gasteiger partial charge in [0.25, 0.3) is 0 Å². The first kappa shape index (κ1) is 30.8. The summed E-state index contributed by atoms with van der Waals surface area (Å²) in [5, 5.41) is 0. The largest absolute Gasteiger partial charge is 1.00 e. The number of quaternary nitrogens is 1. The Kier molecular flexibility index (Phi) is 21.5. The molecule has 0 radical (unpaired) electrons. The van der Waals surface area contributed by atoms with Crippen LogP contribution < -0.4 is 17.0 Å². The summed E-state index contributed by atoms with van der Waals surface area (Å²) < 4.78 is 11.9. The van der Waals surface area contributed by atoms with Gasteiger partial charge in [0, 0.05) is 6.16 Å². The number of halogens is 1. The first-order valence-electron chi connectivity index (χ1n) is 11.6. The third kappa shape index (κ3) is 24.6. The number of hydrogen-bond acceptors (Lipinski definition) is 1. The summed E-state index contributed by atoms with van der Waals surface area (Å²) in [6.45, 7) is 4.70. The minimum Gasteiger partial charge on any atom is -1.00 e. The van der Waals surface area contributed by atoms with Gasteiger partial charge in [0.2, 0.25) is 0 Å². The fourth-order valence-corrected chi connectivity index (χ4v) is 4.34. The molecule has 0 amide bonds. The summed E-state index contributed by atoms with van der Waals surface area (Å²) in [6.07, 6.45) is 20.7. The minimum absolute atomic E-state index is 0. The number of hydrogen-bond donors (Lipinski definition) is 2. The van der Waals surface area contributed by atoms with E-state index in [9.17, 15) is 4.57 Å². The van der Waals surface area contributed by atoms with Crippen molar-refractivity contribution < 1.29 is 35.8 Å². The standard InChI is InChI=1S/C22H48NO3P.BrH/c1-4-5-6-7-8-9-10-11-12-13-14-17-20-23(2,3)21-18-15-16-19-22-27(24,25)26;/h4-22H2,1-3H3,(H-,24,25,26);1H. The molecule has 0 atom stereocenters. The zero-order valence-electron chi connectivity index (χ0n) is 19.0. The molecule has 172 valence electrons. The minimum atomic E-state index is -3.79. The Bertz CT molecular complexity index is 375. The Labute approximate surface area is 186 Å². The SMILES string of the molecule is CCCCCCCCCCCCCC[N+](C)(C)CCCCCCP(=O)(O)O.[Br-]. The Morgan fingerprint density at radius 1 is 0.607 bits per heavy atom. The molecule has 4 nitrogen and oxygen atoms in total. The molecular weight excluding hydrogens is 437 g/mol. The van der Waals surface area contributed by atoms with E-state index in [1.807, 2.05) is 0 Å². The van der Waals surface area contributed by atoms with Crippen molar-refractivity contribution in [2.45, 2.75) is 110 Å². The van der Waals surface area contributed by atoms with Crippen molar-refractivity contribution >= 4 is 7.60 Å². The molecule has 0 fully saturated rings. The molecule has 0 rings (SSSR count). The van der Waals surface area contributed by atoms with Gasteiger partial charge in [-0.1, -0.05) is 77.6 Å². The maximum absolute atomic E-state index is 10.8. The molecule has 0 saturated heterocycles. The van der Waals surface area contributed by atoms with Crippen molar-refractivity contribution in [2.24, 2.45) is 0 Å². The molecule has 0 aromatic heterocycles. The molecule has 0 bridgehead atoms. The van der Waals surface area contributed by atoms with Crippen LogP contribution in [0.1, 0.15) is 110 Å². The van der Waals surface area contributed by atoms with Crippen LogP contribution in [0.4, 0.5) is 0 Å². The van der Waals surface area contributed by atoms with Gasteiger partial charge in [-0.3, -0.25) is 4.57 Å². The average molecular weight is 487 g/mol. The Balaban J connectivity index is 0. The Hall–Kier alpha value is 0.590. The third-order valence-electron chi connectivity index (χ3n) is 5.58. The van der Waals surface area contributed by atoms with Crippen molar-refractivity contribution in [1.82, 2.24) is 0 Å². The summed E-state index contributed by atoms with van der Waals surface area (Å²) in [6, 6.07) is 0. The van der Waals surface area contributed by atoms with Crippen molar-refractivity contribution in [2.75, 3.05) is 33.3 Å². The highest BCUT2D eigenvalue weighted by atomic mass is 79.9. The van der Waals surface area contributed by atoms with Crippen LogP contribution in [0.3, 0.4) is 0 Å². The van der Waals surface area contributed by atoms with Crippen LogP contribution in [0.15, 0.2) is 0 Å². The lowest BCUT2D eigenvalue weighted by Gasteiger charge is -2.30. The normalized spacial score (nSPS) is 12.2. The summed E-state index contributed by atoms with van der Waals surface area (Å²) in [5.41, 5.74) is 0. The molecule has 0 spiro atoms. The molecule has 28 heavy (non-hydrogen) atoms. The lowest BCUT2D eigenvalue weighted by molar-refractivity contribution is -0.890. The van der Waals surface area contributed by atoms with E-state index in [4.69, 9.17) is 9.79 Å². The zero-order chi connectivity index (χ0) is 20.4. The Morgan fingerprint density at radius 2 is 0.929 bits per heavy atom. The molecule has 0 saturated carbocycles. The van der Waals surface area contributed by atoms with Gasteiger partial charge < -0.3 is 31.3 Å². The zero-order valence-corrected chi connectivity index (χ0v) is 21.5. The molecule has 0 aliphatic heterocycles. The first-order valence-corrected chi connectivity index (χ1v) is 13.4.